The molecule has 0 aliphatic heterocycles. The Hall–Kier alpha value is -0.570. The lowest BCUT2D eigenvalue weighted by atomic mass is 9.89. The first kappa shape index (κ1) is 11.5. The smallest absolute Gasteiger partial charge is 0.332 e. The molecule has 0 amide bonds. The van der Waals surface area contributed by atoms with Crippen LogP contribution in [-0.2, 0) is 14.3 Å². The molecule has 1 saturated carbocycles. The number of rotatable bonds is 4. The van der Waals surface area contributed by atoms with Gasteiger partial charge in [0.15, 0.2) is 0 Å². The Morgan fingerprint density at radius 2 is 2.21 bits per heavy atom. The van der Waals surface area contributed by atoms with Gasteiger partial charge in [0.25, 0.3) is 0 Å². The van der Waals surface area contributed by atoms with Crippen LogP contribution in [-0.4, -0.2) is 25.3 Å². The summed E-state index contributed by atoms with van der Waals surface area (Å²) in [5.41, 5.74) is 0. The molecular weight excluding hydrogens is 180 g/mol. The maximum atomic E-state index is 11.0. The van der Waals surface area contributed by atoms with E-state index < -0.39 is 0 Å². The lowest BCUT2D eigenvalue weighted by Crippen LogP contribution is -2.25. The second-order valence-electron chi connectivity index (χ2n) is 4.01. The summed E-state index contributed by atoms with van der Waals surface area (Å²) in [7, 11) is 0. The van der Waals surface area contributed by atoms with Crippen LogP contribution in [0.1, 0.15) is 39.5 Å². The summed E-state index contributed by atoms with van der Waals surface area (Å²) in [4.78, 5) is 11.0. The van der Waals surface area contributed by atoms with Gasteiger partial charge in [0.1, 0.15) is 6.61 Å². The molecule has 0 aromatic rings. The quantitative estimate of drug-likeness (QED) is 0.652. The summed E-state index contributed by atoms with van der Waals surface area (Å²) >= 11 is 0. The van der Waals surface area contributed by atoms with Crippen molar-refractivity contribution in [3.05, 3.63) is 0 Å². The normalized spacial score (nSPS) is 27.3. The monoisotopic (exact) mass is 200 g/mol. The number of hydrogen-bond donors (Lipinski definition) is 0. The van der Waals surface area contributed by atoms with Crippen LogP contribution in [0.2, 0.25) is 0 Å². The Bertz CT molecular complexity index is 179. The Labute approximate surface area is 85.8 Å². The minimum absolute atomic E-state index is 0.116. The molecule has 0 saturated heterocycles. The molecule has 1 aliphatic carbocycles. The summed E-state index contributed by atoms with van der Waals surface area (Å²) < 4.78 is 10.3. The van der Waals surface area contributed by atoms with Crippen molar-refractivity contribution in [1.29, 1.82) is 0 Å². The molecule has 0 aromatic heterocycles. The Kier molecular flexibility index (Phi) is 4.94. The highest BCUT2D eigenvalue weighted by Crippen LogP contribution is 2.25. The van der Waals surface area contributed by atoms with Crippen molar-refractivity contribution >= 4 is 5.97 Å². The maximum absolute atomic E-state index is 11.0. The predicted octanol–water partition coefficient (Wildman–Crippen LogP) is 2.14. The molecule has 1 fully saturated rings. The standard InChI is InChI=1S/C11H20O3/c1-3-13-11(12)8-14-10-6-4-5-9(2)7-10/h9-10H,3-8H2,1-2H3. The first-order valence-electron chi connectivity index (χ1n) is 5.49. The van der Waals surface area contributed by atoms with Gasteiger partial charge >= 0.3 is 5.97 Å². The van der Waals surface area contributed by atoms with E-state index in [9.17, 15) is 4.79 Å². The lowest BCUT2D eigenvalue weighted by molar-refractivity contribution is -0.151. The van der Waals surface area contributed by atoms with Crippen molar-refractivity contribution in [3.8, 4) is 0 Å². The van der Waals surface area contributed by atoms with Crippen LogP contribution in [0.25, 0.3) is 0 Å². The van der Waals surface area contributed by atoms with Gasteiger partial charge in [0.2, 0.25) is 0 Å². The van der Waals surface area contributed by atoms with Crippen molar-refractivity contribution in [2.24, 2.45) is 5.92 Å². The molecule has 1 rings (SSSR count). The van der Waals surface area contributed by atoms with Gasteiger partial charge in [-0.3, -0.25) is 0 Å². The SMILES string of the molecule is CCOC(=O)COC1CCCC(C)C1. The molecule has 0 N–H and O–H groups in total. The van der Waals surface area contributed by atoms with Crippen molar-refractivity contribution in [1.82, 2.24) is 0 Å². The summed E-state index contributed by atoms with van der Waals surface area (Å²) in [6.07, 6.45) is 4.94. The molecule has 14 heavy (non-hydrogen) atoms. The second-order valence-corrected chi connectivity index (χ2v) is 4.01. The van der Waals surface area contributed by atoms with Crippen molar-refractivity contribution in [2.45, 2.75) is 45.6 Å². The highest BCUT2D eigenvalue weighted by Gasteiger charge is 2.20. The van der Waals surface area contributed by atoms with Gasteiger partial charge in [-0.15, -0.1) is 0 Å². The van der Waals surface area contributed by atoms with Gasteiger partial charge in [-0.25, -0.2) is 4.79 Å². The number of carbonyl (C=O) groups is 1. The van der Waals surface area contributed by atoms with Gasteiger partial charge in [0.05, 0.1) is 12.7 Å². The predicted molar refractivity (Wildman–Crippen MR) is 54.0 cm³/mol. The summed E-state index contributed by atoms with van der Waals surface area (Å²) in [5.74, 6) is 0.488. The van der Waals surface area contributed by atoms with E-state index in [1.165, 1.54) is 12.8 Å². The Morgan fingerprint density at radius 1 is 1.43 bits per heavy atom. The Morgan fingerprint density at radius 3 is 2.86 bits per heavy atom. The topological polar surface area (TPSA) is 35.5 Å². The first-order chi connectivity index (χ1) is 6.72. The second kappa shape index (κ2) is 6.02. The number of esters is 1. The minimum Gasteiger partial charge on any atom is -0.464 e. The number of carbonyl (C=O) groups excluding carboxylic acids is 1. The van der Waals surface area contributed by atoms with Gasteiger partial charge in [0, 0.05) is 0 Å². The van der Waals surface area contributed by atoms with Gasteiger partial charge < -0.3 is 9.47 Å². The lowest BCUT2D eigenvalue weighted by Gasteiger charge is -2.26. The first-order valence-corrected chi connectivity index (χ1v) is 5.49. The average Bonchev–Trinajstić information content (AvgIpc) is 2.15. The molecule has 0 radical (unpaired) electrons. The Balaban J connectivity index is 2.14. The number of hydrogen-bond acceptors (Lipinski definition) is 3. The highest BCUT2D eigenvalue weighted by molar-refractivity contribution is 5.70. The molecule has 82 valence electrons. The van der Waals surface area contributed by atoms with Crippen molar-refractivity contribution in [2.75, 3.05) is 13.2 Å². The van der Waals surface area contributed by atoms with E-state index in [2.05, 4.69) is 6.92 Å². The fraction of sp³-hybridized carbons (Fsp3) is 0.909. The zero-order chi connectivity index (χ0) is 10.4. The van der Waals surface area contributed by atoms with Crippen LogP contribution in [0, 0.1) is 5.92 Å². The third kappa shape index (κ3) is 4.09. The largest absolute Gasteiger partial charge is 0.464 e. The summed E-state index contributed by atoms with van der Waals surface area (Å²) in [6.45, 7) is 4.59. The highest BCUT2D eigenvalue weighted by atomic mass is 16.6. The van der Waals surface area contributed by atoms with E-state index in [1.54, 1.807) is 6.92 Å². The van der Waals surface area contributed by atoms with Gasteiger partial charge in [-0.2, -0.15) is 0 Å². The van der Waals surface area contributed by atoms with Crippen LogP contribution in [0.3, 0.4) is 0 Å². The molecule has 0 aromatic carbocycles. The van der Waals surface area contributed by atoms with Crippen molar-refractivity contribution in [3.63, 3.8) is 0 Å². The molecular formula is C11H20O3. The molecule has 3 heteroatoms. The van der Waals surface area contributed by atoms with E-state index >= 15 is 0 Å². The van der Waals surface area contributed by atoms with Gasteiger partial charge in [-0.05, 0) is 25.7 Å². The van der Waals surface area contributed by atoms with E-state index in [1.807, 2.05) is 0 Å². The van der Waals surface area contributed by atoms with Crippen LogP contribution in [0.4, 0.5) is 0 Å². The van der Waals surface area contributed by atoms with E-state index in [-0.39, 0.29) is 18.7 Å². The zero-order valence-corrected chi connectivity index (χ0v) is 9.12. The van der Waals surface area contributed by atoms with Gasteiger partial charge in [-0.1, -0.05) is 19.8 Å². The van der Waals surface area contributed by atoms with E-state index in [4.69, 9.17) is 9.47 Å². The van der Waals surface area contributed by atoms with Crippen LogP contribution < -0.4 is 0 Å². The molecule has 2 unspecified atom stereocenters. The third-order valence-electron chi connectivity index (χ3n) is 2.63. The minimum atomic E-state index is -0.245. The van der Waals surface area contributed by atoms with Crippen LogP contribution >= 0.6 is 0 Å². The summed E-state index contributed by atoms with van der Waals surface area (Å²) in [6, 6.07) is 0. The van der Waals surface area contributed by atoms with Crippen LogP contribution in [0.15, 0.2) is 0 Å². The molecule has 0 heterocycles. The fourth-order valence-corrected chi connectivity index (χ4v) is 1.92. The fourth-order valence-electron chi connectivity index (χ4n) is 1.92. The van der Waals surface area contributed by atoms with Crippen LogP contribution in [0.5, 0.6) is 0 Å². The zero-order valence-electron chi connectivity index (χ0n) is 9.12. The summed E-state index contributed by atoms with van der Waals surface area (Å²) in [5, 5.41) is 0. The molecule has 2 atom stereocenters. The maximum Gasteiger partial charge on any atom is 0.332 e. The molecule has 1 aliphatic rings. The molecule has 3 nitrogen and oxygen atoms in total. The van der Waals surface area contributed by atoms with E-state index in [0.717, 1.165) is 18.8 Å². The molecule has 0 spiro atoms. The molecule has 0 bridgehead atoms. The third-order valence-corrected chi connectivity index (χ3v) is 2.63. The van der Waals surface area contributed by atoms with Crippen molar-refractivity contribution < 1.29 is 14.3 Å². The van der Waals surface area contributed by atoms with E-state index in [0.29, 0.717) is 6.61 Å². The average molecular weight is 200 g/mol. The number of ether oxygens (including phenoxy) is 2.